The van der Waals surface area contributed by atoms with E-state index in [0.29, 0.717) is 6.54 Å². The number of piperazine rings is 1. The quantitative estimate of drug-likeness (QED) is 0.682. The minimum atomic E-state index is 0.163. The molecule has 98 valence electrons. The second-order valence-electron chi connectivity index (χ2n) is 5.24. The summed E-state index contributed by atoms with van der Waals surface area (Å²) in [4.78, 5) is 16.3. The van der Waals surface area contributed by atoms with Crippen LogP contribution in [0.5, 0.6) is 0 Å². The molecular weight excluding hydrogens is 216 g/mol. The standard InChI is InChI=1S/C12H24N4O/c1-10-2-5-15(6-3-10)12(17)16-7-4-14-9-11(16)8-13/h10-11,14H,2-9,13H2,1H3. The van der Waals surface area contributed by atoms with E-state index in [1.807, 2.05) is 9.80 Å². The van der Waals surface area contributed by atoms with Crippen molar-refractivity contribution < 1.29 is 4.79 Å². The molecule has 1 unspecified atom stereocenters. The van der Waals surface area contributed by atoms with Crippen LogP contribution < -0.4 is 11.1 Å². The number of nitrogens with one attached hydrogen (secondary N) is 1. The molecule has 0 aromatic heterocycles. The summed E-state index contributed by atoms with van der Waals surface area (Å²) in [5.74, 6) is 0.757. The zero-order valence-electron chi connectivity index (χ0n) is 10.7. The molecule has 5 nitrogen and oxygen atoms in total. The number of carbonyl (C=O) groups excluding carboxylic acids is 1. The fourth-order valence-electron chi connectivity index (χ4n) is 2.60. The second-order valence-corrected chi connectivity index (χ2v) is 5.24. The van der Waals surface area contributed by atoms with Crippen LogP contribution in [0.1, 0.15) is 19.8 Å². The maximum Gasteiger partial charge on any atom is 0.320 e. The van der Waals surface area contributed by atoms with E-state index in [9.17, 15) is 4.79 Å². The Labute approximate surface area is 103 Å². The summed E-state index contributed by atoms with van der Waals surface area (Å²) < 4.78 is 0. The highest BCUT2D eigenvalue weighted by atomic mass is 16.2. The Morgan fingerprint density at radius 1 is 1.35 bits per heavy atom. The summed E-state index contributed by atoms with van der Waals surface area (Å²) >= 11 is 0. The molecule has 0 radical (unpaired) electrons. The smallest absolute Gasteiger partial charge is 0.320 e. The molecule has 0 aliphatic carbocycles. The molecule has 0 aromatic rings. The van der Waals surface area contributed by atoms with Crippen LogP contribution in [0.15, 0.2) is 0 Å². The van der Waals surface area contributed by atoms with Crippen molar-refractivity contribution in [3.05, 3.63) is 0 Å². The van der Waals surface area contributed by atoms with Crippen LogP contribution in [0.3, 0.4) is 0 Å². The second kappa shape index (κ2) is 5.69. The fourth-order valence-corrected chi connectivity index (χ4v) is 2.60. The van der Waals surface area contributed by atoms with Crippen LogP contribution in [0.2, 0.25) is 0 Å². The number of nitrogens with two attached hydrogens (primary N) is 1. The van der Waals surface area contributed by atoms with Crippen molar-refractivity contribution in [3.63, 3.8) is 0 Å². The molecule has 0 saturated carbocycles. The first-order chi connectivity index (χ1) is 8.22. The summed E-state index contributed by atoms with van der Waals surface area (Å²) in [5, 5.41) is 3.29. The average molecular weight is 240 g/mol. The SMILES string of the molecule is CC1CCN(C(=O)N2CCNCC2CN)CC1. The van der Waals surface area contributed by atoms with Gasteiger partial charge in [-0.3, -0.25) is 0 Å². The lowest BCUT2D eigenvalue weighted by atomic mass is 9.99. The summed E-state index contributed by atoms with van der Waals surface area (Å²) in [6.45, 7) is 7.10. The Morgan fingerprint density at radius 3 is 2.71 bits per heavy atom. The van der Waals surface area contributed by atoms with E-state index in [4.69, 9.17) is 5.73 Å². The predicted molar refractivity (Wildman–Crippen MR) is 67.8 cm³/mol. The van der Waals surface area contributed by atoms with Crippen LogP contribution in [0.4, 0.5) is 4.79 Å². The summed E-state index contributed by atoms with van der Waals surface area (Å²) in [7, 11) is 0. The number of likely N-dealkylation sites (tertiary alicyclic amines) is 1. The molecule has 2 aliphatic heterocycles. The van der Waals surface area contributed by atoms with Crippen molar-refractivity contribution in [1.29, 1.82) is 0 Å². The first kappa shape index (κ1) is 12.6. The van der Waals surface area contributed by atoms with E-state index in [0.717, 1.165) is 51.5 Å². The van der Waals surface area contributed by atoms with Gasteiger partial charge >= 0.3 is 6.03 Å². The van der Waals surface area contributed by atoms with Gasteiger partial charge in [-0.1, -0.05) is 6.92 Å². The van der Waals surface area contributed by atoms with Crippen LogP contribution >= 0.6 is 0 Å². The lowest BCUT2D eigenvalue weighted by molar-refractivity contribution is 0.109. The number of piperidine rings is 1. The number of carbonyl (C=O) groups is 1. The van der Waals surface area contributed by atoms with Crippen molar-refractivity contribution in [2.24, 2.45) is 11.7 Å². The van der Waals surface area contributed by atoms with E-state index >= 15 is 0 Å². The Balaban J connectivity index is 1.93. The van der Waals surface area contributed by atoms with Crippen molar-refractivity contribution in [3.8, 4) is 0 Å². The maximum atomic E-state index is 12.4. The van der Waals surface area contributed by atoms with Crippen LogP contribution in [-0.4, -0.2) is 61.1 Å². The highest BCUT2D eigenvalue weighted by Gasteiger charge is 2.30. The van der Waals surface area contributed by atoms with Gasteiger partial charge in [-0.25, -0.2) is 4.79 Å². The molecule has 3 N–H and O–H groups in total. The Morgan fingerprint density at radius 2 is 2.06 bits per heavy atom. The van der Waals surface area contributed by atoms with Gasteiger partial charge in [0.05, 0.1) is 6.04 Å². The largest absolute Gasteiger partial charge is 0.328 e. The normalized spacial score (nSPS) is 27.3. The lowest BCUT2D eigenvalue weighted by Crippen LogP contribution is -2.60. The van der Waals surface area contributed by atoms with Crippen molar-refractivity contribution in [1.82, 2.24) is 15.1 Å². The molecule has 0 spiro atoms. The summed E-state index contributed by atoms with van der Waals surface area (Å²) in [6, 6.07) is 0.351. The topological polar surface area (TPSA) is 61.6 Å². The molecule has 5 heteroatoms. The van der Waals surface area contributed by atoms with E-state index in [1.165, 1.54) is 0 Å². The zero-order valence-corrected chi connectivity index (χ0v) is 10.7. The third-order valence-electron chi connectivity index (χ3n) is 3.92. The van der Waals surface area contributed by atoms with Crippen molar-refractivity contribution in [2.45, 2.75) is 25.8 Å². The minimum Gasteiger partial charge on any atom is -0.328 e. The van der Waals surface area contributed by atoms with E-state index in [1.54, 1.807) is 0 Å². The highest BCUT2D eigenvalue weighted by molar-refractivity contribution is 5.75. The predicted octanol–water partition coefficient (Wildman–Crippen LogP) is 0.0708. The van der Waals surface area contributed by atoms with Gasteiger partial charge in [0.1, 0.15) is 0 Å². The van der Waals surface area contributed by atoms with Gasteiger partial charge in [-0.15, -0.1) is 0 Å². The van der Waals surface area contributed by atoms with Gasteiger partial charge in [0.15, 0.2) is 0 Å². The van der Waals surface area contributed by atoms with E-state index < -0.39 is 0 Å². The zero-order chi connectivity index (χ0) is 12.3. The van der Waals surface area contributed by atoms with Crippen LogP contribution in [0.25, 0.3) is 0 Å². The monoisotopic (exact) mass is 240 g/mol. The van der Waals surface area contributed by atoms with Crippen LogP contribution in [0, 0.1) is 5.92 Å². The molecule has 2 fully saturated rings. The average Bonchev–Trinajstić information content (AvgIpc) is 2.39. The number of urea groups is 1. The fraction of sp³-hybridized carbons (Fsp3) is 0.917. The Hall–Kier alpha value is -0.810. The Kier molecular flexibility index (Phi) is 4.23. The molecule has 2 saturated heterocycles. The maximum absolute atomic E-state index is 12.4. The summed E-state index contributed by atoms with van der Waals surface area (Å²) in [5.41, 5.74) is 5.73. The number of nitrogens with zero attached hydrogens (tertiary/aromatic N) is 2. The first-order valence-corrected chi connectivity index (χ1v) is 6.68. The highest BCUT2D eigenvalue weighted by Crippen LogP contribution is 2.18. The van der Waals surface area contributed by atoms with Gasteiger partial charge in [-0.2, -0.15) is 0 Å². The molecule has 0 bridgehead atoms. The molecule has 2 amide bonds. The summed E-state index contributed by atoms with van der Waals surface area (Å²) in [6.07, 6.45) is 2.26. The number of amides is 2. The van der Waals surface area contributed by atoms with E-state index in [-0.39, 0.29) is 12.1 Å². The number of hydrogen-bond donors (Lipinski definition) is 2. The van der Waals surface area contributed by atoms with E-state index in [2.05, 4.69) is 12.2 Å². The molecular formula is C12H24N4O. The van der Waals surface area contributed by atoms with Gasteiger partial charge < -0.3 is 20.9 Å². The van der Waals surface area contributed by atoms with Gasteiger partial charge in [-0.05, 0) is 18.8 Å². The van der Waals surface area contributed by atoms with Crippen molar-refractivity contribution >= 4 is 6.03 Å². The minimum absolute atomic E-state index is 0.163. The molecule has 2 heterocycles. The van der Waals surface area contributed by atoms with Gasteiger partial charge in [0, 0.05) is 39.3 Å². The molecule has 17 heavy (non-hydrogen) atoms. The number of hydrogen-bond acceptors (Lipinski definition) is 3. The van der Waals surface area contributed by atoms with Gasteiger partial charge in [0.2, 0.25) is 0 Å². The Bertz CT molecular complexity index is 263. The lowest BCUT2D eigenvalue weighted by Gasteiger charge is -2.40. The van der Waals surface area contributed by atoms with Crippen LogP contribution in [-0.2, 0) is 0 Å². The first-order valence-electron chi connectivity index (χ1n) is 6.68. The molecule has 1 atom stereocenters. The van der Waals surface area contributed by atoms with Gasteiger partial charge in [0.25, 0.3) is 0 Å². The third kappa shape index (κ3) is 2.90. The molecule has 0 aromatic carbocycles. The molecule has 2 rings (SSSR count). The third-order valence-corrected chi connectivity index (χ3v) is 3.92. The number of rotatable bonds is 1. The van der Waals surface area contributed by atoms with Crippen molar-refractivity contribution in [2.75, 3.05) is 39.3 Å². The molecule has 2 aliphatic rings.